The maximum Gasteiger partial charge on any atom is 0.0622 e. The molecule has 3 heteroatoms. The summed E-state index contributed by atoms with van der Waals surface area (Å²) >= 11 is 0. The van der Waals surface area contributed by atoms with Crippen LogP contribution in [-0.4, -0.2) is 13.1 Å². The normalized spacial score (nSPS) is 9.75. The molecule has 2 N–H and O–H groups in total. The Balaban J connectivity index is 2.69. The number of benzene rings is 1. The van der Waals surface area contributed by atoms with Gasteiger partial charge in [0.05, 0.1) is 17.4 Å². The van der Waals surface area contributed by atoms with Gasteiger partial charge in [-0.2, -0.15) is 5.26 Å². The molecule has 0 spiro atoms. The van der Waals surface area contributed by atoms with Gasteiger partial charge in [-0.25, -0.2) is 0 Å². The fraction of sp³-hybridized carbons (Fsp3) is 0.462. The molecule has 0 aliphatic heterocycles. The topological polar surface area (TPSA) is 53.0 Å². The molecule has 0 radical (unpaired) electrons. The first-order valence-corrected chi connectivity index (χ1v) is 5.76. The first kappa shape index (κ1) is 12.4. The highest BCUT2D eigenvalue weighted by Gasteiger charge is 2.07. The number of nitrogens with zero attached hydrogens (tertiary/aromatic N) is 2. The lowest BCUT2D eigenvalue weighted by Gasteiger charge is -2.25. The first-order chi connectivity index (χ1) is 7.79. The molecule has 0 aromatic heterocycles. The molecule has 0 saturated heterocycles. The second kappa shape index (κ2) is 6.73. The molecule has 0 unspecified atom stereocenters. The summed E-state index contributed by atoms with van der Waals surface area (Å²) in [6.45, 7) is 4.03. The van der Waals surface area contributed by atoms with E-state index in [0.29, 0.717) is 6.42 Å². The van der Waals surface area contributed by atoms with Crippen molar-refractivity contribution < 1.29 is 0 Å². The van der Waals surface area contributed by atoms with Crippen LogP contribution in [0.25, 0.3) is 0 Å². The molecule has 0 heterocycles. The van der Waals surface area contributed by atoms with E-state index >= 15 is 0 Å². The number of anilines is 2. The zero-order chi connectivity index (χ0) is 11.8. The van der Waals surface area contributed by atoms with E-state index in [0.717, 1.165) is 37.3 Å². The van der Waals surface area contributed by atoms with E-state index in [1.807, 2.05) is 24.3 Å². The second-order valence-corrected chi connectivity index (χ2v) is 3.81. The Bertz CT molecular complexity index is 354. The van der Waals surface area contributed by atoms with E-state index in [1.165, 1.54) is 0 Å². The average molecular weight is 217 g/mol. The lowest BCUT2D eigenvalue weighted by molar-refractivity contribution is 0.725. The zero-order valence-corrected chi connectivity index (χ0v) is 9.82. The molecule has 0 aliphatic carbocycles. The zero-order valence-electron chi connectivity index (χ0n) is 9.82. The highest BCUT2D eigenvalue weighted by Crippen LogP contribution is 2.22. The highest BCUT2D eigenvalue weighted by molar-refractivity contribution is 5.67. The van der Waals surface area contributed by atoms with Crippen LogP contribution in [0, 0.1) is 11.3 Å². The molecule has 3 nitrogen and oxygen atoms in total. The van der Waals surface area contributed by atoms with Gasteiger partial charge < -0.3 is 10.6 Å². The van der Waals surface area contributed by atoms with E-state index in [9.17, 15) is 0 Å². The molecule has 0 aliphatic rings. The Morgan fingerprint density at radius 2 is 2.06 bits per heavy atom. The monoisotopic (exact) mass is 217 g/mol. The van der Waals surface area contributed by atoms with Gasteiger partial charge in [0.25, 0.3) is 0 Å². The van der Waals surface area contributed by atoms with Crippen molar-refractivity contribution in [1.82, 2.24) is 0 Å². The van der Waals surface area contributed by atoms with Crippen LogP contribution in [0.1, 0.15) is 26.2 Å². The summed E-state index contributed by atoms with van der Waals surface area (Å²) in [5, 5.41) is 8.54. The van der Waals surface area contributed by atoms with Gasteiger partial charge in [-0.1, -0.05) is 19.1 Å². The van der Waals surface area contributed by atoms with E-state index in [4.69, 9.17) is 11.0 Å². The van der Waals surface area contributed by atoms with Crippen molar-refractivity contribution >= 4 is 11.4 Å². The lowest BCUT2D eigenvalue weighted by Crippen LogP contribution is -2.26. The number of para-hydroxylation sites is 2. The van der Waals surface area contributed by atoms with Crippen LogP contribution < -0.4 is 10.6 Å². The standard InChI is InChI=1S/C13H19N3/c1-2-10-16(11-6-5-9-14)13-8-4-3-7-12(13)15/h3-4,7-8H,2,5-6,10-11,15H2,1H3. The summed E-state index contributed by atoms with van der Waals surface area (Å²) in [7, 11) is 0. The van der Waals surface area contributed by atoms with Crippen LogP contribution in [0.2, 0.25) is 0 Å². The lowest BCUT2D eigenvalue weighted by atomic mass is 10.2. The molecule has 0 fully saturated rings. The maximum absolute atomic E-state index is 8.54. The molecule has 0 amide bonds. The Hall–Kier alpha value is -1.69. The van der Waals surface area contributed by atoms with Gasteiger partial charge in [-0.15, -0.1) is 0 Å². The molecule has 1 aromatic rings. The molecule has 86 valence electrons. The van der Waals surface area contributed by atoms with Crippen LogP contribution >= 0.6 is 0 Å². The largest absolute Gasteiger partial charge is 0.397 e. The molecule has 0 atom stereocenters. The SMILES string of the molecule is CCCN(CCCC#N)c1ccccc1N. The van der Waals surface area contributed by atoms with E-state index in [-0.39, 0.29) is 0 Å². The third-order valence-corrected chi connectivity index (χ3v) is 2.49. The molecule has 0 saturated carbocycles. The van der Waals surface area contributed by atoms with Gasteiger partial charge in [0.15, 0.2) is 0 Å². The van der Waals surface area contributed by atoms with E-state index < -0.39 is 0 Å². The number of nitriles is 1. The van der Waals surface area contributed by atoms with Crippen molar-refractivity contribution in [2.24, 2.45) is 0 Å². The summed E-state index contributed by atoms with van der Waals surface area (Å²) in [6.07, 6.45) is 2.58. The number of unbranched alkanes of at least 4 members (excludes halogenated alkanes) is 1. The molecule has 0 bridgehead atoms. The van der Waals surface area contributed by atoms with Gasteiger partial charge >= 0.3 is 0 Å². The smallest absolute Gasteiger partial charge is 0.0622 e. The van der Waals surface area contributed by atoms with Crippen molar-refractivity contribution in [2.75, 3.05) is 23.7 Å². The average Bonchev–Trinajstić information content (AvgIpc) is 2.29. The van der Waals surface area contributed by atoms with Crippen LogP contribution in [0.4, 0.5) is 11.4 Å². The predicted octanol–water partition coefficient (Wildman–Crippen LogP) is 2.79. The third kappa shape index (κ3) is 3.47. The Labute approximate surface area is 97.5 Å². The highest BCUT2D eigenvalue weighted by atomic mass is 15.1. The maximum atomic E-state index is 8.54. The van der Waals surface area contributed by atoms with Crippen LogP contribution in [-0.2, 0) is 0 Å². The first-order valence-electron chi connectivity index (χ1n) is 5.76. The summed E-state index contributed by atoms with van der Waals surface area (Å²) in [4.78, 5) is 2.26. The second-order valence-electron chi connectivity index (χ2n) is 3.81. The number of hydrogen-bond donors (Lipinski definition) is 1. The minimum absolute atomic E-state index is 0.604. The van der Waals surface area contributed by atoms with E-state index in [2.05, 4.69) is 17.9 Å². The van der Waals surface area contributed by atoms with E-state index in [1.54, 1.807) is 0 Å². The number of nitrogens with two attached hydrogens (primary N) is 1. The minimum atomic E-state index is 0.604. The minimum Gasteiger partial charge on any atom is -0.397 e. The van der Waals surface area contributed by atoms with Crippen molar-refractivity contribution in [3.63, 3.8) is 0 Å². The van der Waals surface area contributed by atoms with Crippen LogP contribution in [0.15, 0.2) is 24.3 Å². The predicted molar refractivity (Wildman–Crippen MR) is 68.2 cm³/mol. The third-order valence-electron chi connectivity index (χ3n) is 2.49. The van der Waals surface area contributed by atoms with Crippen molar-refractivity contribution in [3.05, 3.63) is 24.3 Å². The summed E-state index contributed by atoms with van der Waals surface area (Å²) in [5.74, 6) is 0. The van der Waals surface area contributed by atoms with Crippen molar-refractivity contribution in [1.29, 1.82) is 5.26 Å². The molecular weight excluding hydrogens is 198 g/mol. The van der Waals surface area contributed by atoms with Gasteiger partial charge in [0.2, 0.25) is 0 Å². The fourth-order valence-corrected chi connectivity index (χ4v) is 1.75. The number of rotatable bonds is 6. The summed E-state index contributed by atoms with van der Waals surface area (Å²) < 4.78 is 0. The Morgan fingerprint density at radius 3 is 2.69 bits per heavy atom. The quantitative estimate of drug-likeness (QED) is 0.589. The molecular formula is C13H19N3. The van der Waals surface area contributed by atoms with Gasteiger partial charge in [-0.3, -0.25) is 0 Å². The number of nitrogen functional groups attached to an aromatic ring is 1. The van der Waals surface area contributed by atoms with Crippen LogP contribution in [0.5, 0.6) is 0 Å². The number of hydrogen-bond acceptors (Lipinski definition) is 3. The van der Waals surface area contributed by atoms with Crippen molar-refractivity contribution in [2.45, 2.75) is 26.2 Å². The Morgan fingerprint density at radius 1 is 1.31 bits per heavy atom. The fourth-order valence-electron chi connectivity index (χ4n) is 1.75. The van der Waals surface area contributed by atoms with Gasteiger partial charge in [-0.05, 0) is 25.0 Å². The summed E-state index contributed by atoms with van der Waals surface area (Å²) in [6, 6.07) is 10.1. The van der Waals surface area contributed by atoms with Crippen molar-refractivity contribution in [3.8, 4) is 6.07 Å². The van der Waals surface area contributed by atoms with Gasteiger partial charge in [0.1, 0.15) is 0 Å². The molecule has 1 aromatic carbocycles. The summed E-state index contributed by atoms with van der Waals surface area (Å²) in [5.41, 5.74) is 7.85. The van der Waals surface area contributed by atoms with Crippen LogP contribution in [0.3, 0.4) is 0 Å². The molecule has 1 rings (SSSR count). The van der Waals surface area contributed by atoms with Gasteiger partial charge in [0, 0.05) is 19.5 Å². The molecule has 16 heavy (non-hydrogen) atoms. The Kier molecular flexibility index (Phi) is 5.21.